The third kappa shape index (κ3) is 3.78. The van der Waals surface area contributed by atoms with E-state index in [0.717, 1.165) is 16.9 Å². The molecule has 1 amide bonds. The molecule has 0 fully saturated rings. The van der Waals surface area contributed by atoms with Crippen molar-refractivity contribution in [2.75, 3.05) is 12.4 Å². The van der Waals surface area contributed by atoms with Crippen LogP contribution in [0.4, 0.5) is 5.82 Å². The average molecular weight is 374 g/mol. The third-order valence-corrected chi connectivity index (χ3v) is 4.25. The Morgan fingerprint density at radius 3 is 2.64 bits per heavy atom. The fraction of sp³-hybridized carbons (Fsp3) is 0.0952. The van der Waals surface area contributed by atoms with Crippen LogP contribution in [0, 0.1) is 0 Å². The summed E-state index contributed by atoms with van der Waals surface area (Å²) in [6, 6.07) is 20.6. The number of carbonyl (C=O) groups is 1. The van der Waals surface area contributed by atoms with Gasteiger partial charge in [0.2, 0.25) is 0 Å². The van der Waals surface area contributed by atoms with Gasteiger partial charge in [0.05, 0.1) is 19.9 Å². The van der Waals surface area contributed by atoms with Gasteiger partial charge < -0.3 is 14.6 Å². The van der Waals surface area contributed by atoms with Gasteiger partial charge in [-0.25, -0.2) is 4.68 Å². The lowest BCUT2D eigenvalue weighted by molar-refractivity contribution is 0.101. The molecule has 2 aromatic heterocycles. The minimum absolute atomic E-state index is 0.193. The minimum atomic E-state index is -0.363. The molecule has 0 aliphatic carbocycles. The maximum Gasteiger partial charge on any atom is 0.279 e. The number of hydrogen-bond acceptors (Lipinski definition) is 5. The van der Waals surface area contributed by atoms with Crippen molar-refractivity contribution < 1.29 is 14.1 Å². The Morgan fingerprint density at radius 2 is 1.89 bits per heavy atom. The quantitative estimate of drug-likeness (QED) is 0.554. The van der Waals surface area contributed by atoms with Gasteiger partial charge in [-0.1, -0.05) is 35.5 Å². The van der Waals surface area contributed by atoms with Crippen molar-refractivity contribution in [2.45, 2.75) is 6.54 Å². The fourth-order valence-electron chi connectivity index (χ4n) is 2.78. The number of rotatable bonds is 6. The Morgan fingerprint density at radius 1 is 1.11 bits per heavy atom. The number of benzene rings is 2. The smallest absolute Gasteiger partial charge is 0.279 e. The lowest BCUT2D eigenvalue weighted by atomic mass is 10.1. The SMILES string of the molecule is COc1ccc(-c2cc(C(=O)Nc3ccnn3Cc3ccccc3)no2)cc1. The van der Waals surface area contributed by atoms with E-state index in [9.17, 15) is 4.79 Å². The van der Waals surface area contributed by atoms with Gasteiger partial charge in [-0.2, -0.15) is 5.10 Å². The first-order valence-corrected chi connectivity index (χ1v) is 8.71. The van der Waals surface area contributed by atoms with E-state index in [1.165, 1.54) is 0 Å². The van der Waals surface area contributed by atoms with Gasteiger partial charge in [0, 0.05) is 17.7 Å². The Bertz CT molecular complexity index is 1070. The summed E-state index contributed by atoms with van der Waals surface area (Å²) in [7, 11) is 1.61. The summed E-state index contributed by atoms with van der Waals surface area (Å²) >= 11 is 0. The number of nitrogens with one attached hydrogen (secondary N) is 1. The fourth-order valence-corrected chi connectivity index (χ4v) is 2.78. The van der Waals surface area contributed by atoms with E-state index in [1.807, 2.05) is 54.6 Å². The van der Waals surface area contributed by atoms with Gasteiger partial charge in [-0.05, 0) is 29.8 Å². The molecule has 0 saturated carbocycles. The molecule has 0 saturated heterocycles. The van der Waals surface area contributed by atoms with Gasteiger partial charge in [0.15, 0.2) is 11.5 Å². The van der Waals surface area contributed by atoms with Crippen LogP contribution in [0.5, 0.6) is 5.75 Å². The number of hydrogen-bond donors (Lipinski definition) is 1. The van der Waals surface area contributed by atoms with E-state index in [4.69, 9.17) is 9.26 Å². The second-order valence-electron chi connectivity index (χ2n) is 6.12. The molecule has 4 rings (SSSR count). The summed E-state index contributed by atoms with van der Waals surface area (Å²) in [4.78, 5) is 12.6. The first-order valence-electron chi connectivity index (χ1n) is 8.71. The Kier molecular flexibility index (Phi) is 4.88. The summed E-state index contributed by atoms with van der Waals surface area (Å²) in [5, 5.41) is 11.0. The van der Waals surface area contributed by atoms with E-state index in [1.54, 1.807) is 30.1 Å². The Labute approximate surface area is 161 Å². The number of methoxy groups -OCH3 is 1. The molecule has 0 radical (unpaired) electrons. The summed E-state index contributed by atoms with van der Waals surface area (Å²) in [5.41, 5.74) is 2.09. The van der Waals surface area contributed by atoms with Gasteiger partial charge in [-0.15, -0.1) is 0 Å². The highest BCUT2D eigenvalue weighted by Gasteiger charge is 2.16. The molecular weight excluding hydrogens is 356 g/mol. The van der Waals surface area contributed by atoms with Crippen LogP contribution in [-0.2, 0) is 6.54 Å². The molecule has 2 heterocycles. The van der Waals surface area contributed by atoms with E-state index < -0.39 is 0 Å². The highest BCUT2D eigenvalue weighted by Crippen LogP contribution is 2.23. The maximum absolute atomic E-state index is 12.6. The molecule has 0 spiro atoms. The molecule has 0 unspecified atom stereocenters. The molecule has 0 bridgehead atoms. The average Bonchev–Trinajstić information content (AvgIpc) is 3.39. The number of amides is 1. The molecule has 2 aromatic carbocycles. The summed E-state index contributed by atoms with van der Waals surface area (Å²) in [6.07, 6.45) is 1.64. The second kappa shape index (κ2) is 7.79. The largest absolute Gasteiger partial charge is 0.497 e. The number of aromatic nitrogens is 3. The highest BCUT2D eigenvalue weighted by molar-refractivity contribution is 6.02. The maximum atomic E-state index is 12.6. The summed E-state index contributed by atoms with van der Waals surface area (Å²) in [5.74, 6) is 1.47. The van der Waals surface area contributed by atoms with Crippen molar-refractivity contribution in [3.8, 4) is 17.1 Å². The number of anilines is 1. The van der Waals surface area contributed by atoms with Crippen molar-refractivity contribution in [1.29, 1.82) is 0 Å². The second-order valence-corrected chi connectivity index (χ2v) is 6.12. The number of ether oxygens (including phenoxy) is 1. The van der Waals surface area contributed by atoms with Crippen LogP contribution in [0.15, 0.2) is 77.4 Å². The van der Waals surface area contributed by atoms with Gasteiger partial charge in [0.1, 0.15) is 11.6 Å². The Hall–Kier alpha value is -3.87. The molecule has 0 atom stereocenters. The van der Waals surface area contributed by atoms with Gasteiger partial charge in [0.25, 0.3) is 5.91 Å². The van der Waals surface area contributed by atoms with Crippen molar-refractivity contribution in [1.82, 2.24) is 14.9 Å². The first kappa shape index (κ1) is 17.5. The molecular formula is C21H18N4O3. The molecule has 28 heavy (non-hydrogen) atoms. The van der Waals surface area contributed by atoms with Gasteiger partial charge >= 0.3 is 0 Å². The van der Waals surface area contributed by atoms with Crippen molar-refractivity contribution >= 4 is 11.7 Å². The van der Waals surface area contributed by atoms with Crippen LogP contribution in [0.1, 0.15) is 16.1 Å². The van der Waals surface area contributed by atoms with Crippen LogP contribution in [0.25, 0.3) is 11.3 Å². The van der Waals surface area contributed by atoms with Crippen molar-refractivity contribution in [2.24, 2.45) is 0 Å². The summed E-state index contributed by atoms with van der Waals surface area (Å²) < 4.78 is 12.2. The molecule has 7 heteroatoms. The zero-order valence-electron chi connectivity index (χ0n) is 15.2. The van der Waals surface area contributed by atoms with Crippen LogP contribution < -0.4 is 10.1 Å². The number of nitrogens with zero attached hydrogens (tertiary/aromatic N) is 3. The summed E-state index contributed by atoms with van der Waals surface area (Å²) in [6.45, 7) is 0.555. The third-order valence-electron chi connectivity index (χ3n) is 4.25. The molecule has 1 N–H and O–H groups in total. The van der Waals surface area contributed by atoms with Crippen molar-refractivity contribution in [3.05, 3.63) is 84.2 Å². The van der Waals surface area contributed by atoms with Crippen LogP contribution in [-0.4, -0.2) is 28.0 Å². The topological polar surface area (TPSA) is 82.2 Å². The van der Waals surface area contributed by atoms with Crippen LogP contribution in [0.3, 0.4) is 0 Å². The number of carbonyl (C=O) groups excluding carboxylic acids is 1. The molecule has 140 valence electrons. The lowest BCUT2D eigenvalue weighted by Gasteiger charge is -2.08. The van der Waals surface area contributed by atoms with Crippen LogP contribution in [0.2, 0.25) is 0 Å². The van der Waals surface area contributed by atoms with E-state index >= 15 is 0 Å². The molecule has 7 nitrogen and oxygen atoms in total. The first-order chi connectivity index (χ1) is 13.7. The zero-order valence-corrected chi connectivity index (χ0v) is 15.2. The van der Waals surface area contributed by atoms with E-state index in [-0.39, 0.29) is 11.6 Å². The molecule has 0 aliphatic heterocycles. The lowest BCUT2D eigenvalue weighted by Crippen LogP contribution is -2.16. The predicted molar refractivity (Wildman–Crippen MR) is 104 cm³/mol. The monoisotopic (exact) mass is 374 g/mol. The highest BCUT2D eigenvalue weighted by atomic mass is 16.5. The van der Waals surface area contributed by atoms with E-state index in [2.05, 4.69) is 15.6 Å². The van der Waals surface area contributed by atoms with Crippen LogP contribution >= 0.6 is 0 Å². The predicted octanol–water partition coefficient (Wildman–Crippen LogP) is 3.85. The van der Waals surface area contributed by atoms with E-state index in [0.29, 0.717) is 18.1 Å². The standard InChI is InChI=1S/C21H18N4O3/c1-27-17-9-7-16(8-10-17)19-13-18(24-28-19)21(26)23-20-11-12-22-25(20)14-15-5-3-2-4-6-15/h2-13H,14H2,1H3,(H,23,26). The minimum Gasteiger partial charge on any atom is -0.497 e. The molecule has 0 aliphatic rings. The molecule has 4 aromatic rings. The van der Waals surface area contributed by atoms with Gasteiger partial charge in [-0.3, -0.25) is 4.79 Å². The Balaban J connectivity index is 1.47. The zero-order chi connectivity index (χ0) is 19.3. The normalized spacial score (nSPS) is 10.6. The van der Waals surface area contributed by atoms with Crippen molar-refractivity contribution in [3.63, 3.8) is 0 Å².